The molecule has 1 N–H and O–H groups in total. The fourth-order valence-corrected chi connectivity index (χ4v) is 2.75. The molecule has 0 aromatic heterocycles. The number of hydrogen-bond acceptors (Lipinski definition) is 4. The van der Waals surface area contributed by atoms with Gasteiger partial charge in [-0.15, -0.1) is 0 Å². The van der Waals surface area contributed by atoms with E-state index in [1.165, 1.54) is 0 Å². The van der Waals surface area contributed by atoms with E-state index in [9.17, 15) is 14.7 Å². The third-order valence-corrected chi connectivity index (χ3v) is 4.38. The highest BCUT2D eigenvalue weighted by Crippen LogP contribution is 2.14. The first kappa shape index (κ1) is 18.4. The fraction of sp³-hybridized carbons (Fsp3) is 0.556. The Balaban J connectivity index is 1.81. The number of carboxylic acid groups (broad SMARTS) is 1. The van der Waals surface area contributed by atoms with Crippen molar-refractivity contribution in [2.75, 3.05) is 46.4 Å². The number of carbonyl (C=O) groups excluding carboxylic acids is 1. The van der Waals surface area contributed by atoms with E-state index in [0.717, 1.165) is 38.4 Å². The lowest BCUT2D eigenvalue weighted by Crippen LogP contribution is -2.42. The third kappa shape index (κ3) is 5.94. The molecule has 0 unspecified atom stereocenters. The van der Waals surface area contributed by atoms with Crippen LogP contribution in [0, 0.1) is 5.92 Å². The molecule has 0 bridgehead atoms. The molecule has 1 heterocycles. The second-order valence-electron chi connectivity index (χ2n) is 6.20. The molecule has 0 spiro atoms. The smallest absolute Gasteiger partial charge is 0.307 e. The SMILES string of the molecule is CN(CCN1CCOCC1)C(=O)C[C@@H](Cc1ccccc1)C(=O)O. The van der Waals surface area contributed by atoms with Gasteiger partial charge in [0.2, 0.25) is 5.91 Å². The van der Waals surface area contributed by atoms with Gasteiger partial charge in [0.1, 0.15) is 0 Å². The van der Waals surface area contributed by atoms with Crippen molar-refractivity contribution >= 4 is 11.9 Å². The van der Waals surface area contributed by atoms with Crippen molar-refractivity contribution in [1.29, 1.82) is 0 Å². The van der Waals surface area contributed by atoms with Crippen molar-refractivity contribution in [3.63, 3.8) is 0 Å². The second-order valence-corrected chi connectivity index (χ2v) is 6.20. The van der Waals surface area contributed by atoms with Crippen LogP contribution in [0.4, 0.5) is 0 Å². The Kier molecular flexibility index (Phi) is 7.21. The van der Waals surface area contributed by atoms with Gasteiger partial charge in [-0.2, -0.15) is 0 Å². The summed E-state index contributed by atoms with van der Waals surface area (Å²) in [5.74, 6) is -1.73. The summed E-state index contributed by atoms with van der Waals surface area (Å²) in [5.41, 5.74) is 0.939. The minimum atomic E-state index is -0.922. The largest absolute Gasteiger partial charge is 0.481 e. The van der Waals surface area contributed by atoms with Crippen LogP contribution in [-0.4, -0.2) is 73.2 Å². The molecule has 1 aliphatic heterocycles. The summed E-state index contributed by atoms with van der Waals surface area (Å²) in [4.78, 5) is 27.7. The average molecular weight is 334 g/mol. The highest BCUT2D eigenvalue weighted by molar-refractivity contribution is 5.82. The predicted octanol–water partition coefficient (Wildman–Crippen LogP) is 1.11. The van der Waals surface area contributed by atoms with Gasteiger partial charge in [0.25, 0.3) is 0 Å². The molecule has 0 radical (unpaired) electrons. The predicted molar refractivity (Wildman–Crippen MR) is 90.8 cm³/mol. The van der Waals surface area contributed by atoms with Crippen molar-refractivity contribution in [2.24, 2.45) is 5.92 Å². The number of carbonyl (C=O) groups is 2. The number of morpholine rings is 1. The van der Waals surface area contributed by atoms with E-state index in [1.807, 2.05) is 30.3 Å². The van der Waals surface area contributed by atoms with Crippen LogP contribution < -0.4 is 0 Å². The van der Waals surface area contributed by atoms with E-state index >= 15 is 0 Å². The Labute approximate surface area is 143 Å². The zero-order valence-electron chi connectivity index (χ0n) is 14.2. The highest BCUT2D eigenvalue weighted by Gasteiger charge is 2.23. The normalized spacial score (nSPS) is 16.5. The molecule has 6 nitrogen and oxygen atoms in total. The molecule has 1 atom stereocenters. The van der Waals surface area contributed by atoms with E-state index in [2.05, 4.69) is 4.90 Å². The average Bonchev–Trinajstić information content (AvgIpc) is 2.60. The van der Waals surface area contributed by atoms with E-state index in [1.54, 1.807) is 11.9 Å². The molecule has 1 saturated heterocycles. The first-order valence-corrected chi connectivity index (χ1v) is 8.37. The van der Waals surface area contributed by atoms with Crippen LogP contribution in [0.15, 0.2) is 30.3 Å². The van der Waals surface area contributed by atoms with E-state index in [-0.39, 0.29) is 12.3 Å². The summed E-state index contributed by atoms with van der Waals surface area (Å²) >= 11 is 0. The lowest BCUT2D eigenvalue weighted by atomic mass is 9.96. The second kappa shape index (κ2) is 9.39. The van der Waals surface area contributed by atoms with Crippen molar-refractivity contribution < 1.29 is 19.4 Å². The first-order chi connectivity index (χ1) is 11.6. The van der Waals surface area contributed by atoms with Crippen molar-refractivity contribution in [3.8, 4) is 0 Å². The Hall–Kier alpha value is -1.92. The number of carboxylic acids is 1. The number of ether oxygens (including phenoxy) is 1. The van der Waals surface area contributed by atoms with Crippen LogP contribution in [0.1, 0.15) is 12.0 Å². The summed E-state index contributed by atoms with van der Waals surface area (Å²) in [6, 6.07) is 9.43. The van der Waals surface area contributed by atoms with E-state index in [0.29, 0.717) is 13.0 Å². The van der Waals surface area contributed by atoms with Gasteiger partial charge in [-0.3, -0.25) is 14.5 Å². The maximum absolute atomic E-state index is 12.3. The minimum absolute atomic E-state index is 0.0316. The maximum atomic E-state index is 12.3. The number of likely N-dealkylation sites (N-methyl/N-ethyl adjacent to an activating group) is 1. The molecular weight excluding hydrogens is 308 g/mol. The maximum Gasteiger partial charge on any atom is 0.307 e. The summed E-state index contributed by atoms with van der Waals surface area (Å²) in [5, 5.41) is 9.41. The summed E-state index contributed by atoms with van der Waals surface area (Å²) in [6.07, 6.45) is 0.406. The van der Waals surface area contributed by atoms with E-state index < -0.39 is 11.9 Å². The van der Waals surface area contributed by atoms with Gasteiger partial charge in [-0.25, -0.2) is 0 Å². The van der Waals surface area contributed by atoms with Crippen molar-refractivity contribution in [3.05, 3.63) is 35.9 Å². The topological polar surface area (TPSA) is 70.1 Å². The molecule has 0 aliphatic carbocycles. The molecule has 1 aromatic carbocycles. The molecule has 2 rings (SSSR count). The molecule has 1 fully saturated rings. The molecule has 1 aromatic rings. The number of benzene rings is 1. The summed E-state index contributed by atoms with van der Waals surface area (Å²) in [7, 11) is 1.74. The molecule has 1 amide bonds. The van der Waals surface area contributed by atoms with Crippen LogP contribution in [0.5, 0.6) is 0 Å². The van der Waals surface area contributed by atoms with Gasteiger partial charge in [-0.05, 0) is 12.0 Å². The quantitative estimate of drug-likeness (QED) is 0.771. The zero-order valence-corrected chi connectivity index (χ0v) is 14.2. The Morgan fingerprint density at radius 1 is 1.25 bits per heavy atom. The molecule has 1 aliphatic rings. The number of hydrogen-bond donors (Lipinski definition) is 1. The third-order valence-electron chi connectivity index (χ3n) is 4.38. The standard InChI is InChI=1S/C18H26N2O4/c1-19(7-8-20-9-11-24-12-10-20)17(21)14-16(18(22)23)13-15-5-3-2-4-6-15/h2-6,16H,7-14H2,1H3,(H,22,23)/t16-/m1/s1. The molecule has 0 saturated carbocycles. The van der Waals surface area contributed by atoms with E-state index in [4.69, 9.17) is 4.74 Å². The number of nitrogens with zero attached hydrogens (tertiary/aromatic N) is 2. The molecule has 6 heteroatoms. The Morgan fingerprint density at radius 2 is 1.92 bits per heavy atom. The molecule has 132 valence electrons. The van der Waals surface area contributed by atoms with Gasteiger partial charge >= 0.3 is 5.97 Å². The monoisotopic (exact) mass is 334 g/mol. The van der Waals surface area contributed by atoms with Crippen LogP contribution in [0.2, 0.25) is 0 Å². The van der Waals surface area contributed by atoms with Gasteiger partial charge in [0.05, 0.1) is 19.1 Å². The van der Waals surface area contributed by atoms with Gasteiger partial charge < -0.3 is 14.7 Å². The van der Waals surface area contributed by atoms with Crippen LogP contribution in [-0.2, 0) is 20.7 Å². The van der Waals surface area contributed by atoms with Crippen LogP contribution in [0.25, 0.3) is 0 Å². The number of rotatable bonds is 8. The van der Waals surface area contributed by atoms with Gasteiger partial charge in [0.15, 0.2) is 0 Å². The Bertz CT molecular complexity index is 529. The van der Waals surface area contributed by atoms with Crippen molar-refractivity contribution in [1.82, 2.24) is 9.80 Å². The number of amides is 1. The van der Waals surface area contributed by atoms with Gasteiger partial charge in [-0.1, -0.05) is 30.3 Å². The Morgan fingerprint density at radius 3 is 2.54 bits per heavy atom. The molecule has 24 heavy (non-hydrogen) atoms. The lowest BCUT2D eigenvalue weighted by Gasteiger charge is -2.29. The number of aliphatic carboxylic acids is 1. The van der Waals surface area contributed by atoms with Crippen LogP contribution >= 0.6 is 0 Å². The first-order valence-electron chi connectivity index (χ1n) is 8.37. The lowest BCUT2D eigenvalue weighted by molar-refractivity contribution is -0.145. The summed E-state index contributed by atoms with van der Waals surface area (Å²) < 4.78 is 5.30. The molecular formula is C18H26N2O4. The minimum Gasteiger partial charge on any atom is -0.481 e. The van der Waals surface area contributed by atoms with Gasteiger partial charge in [0, 0.05) is 39.6 Å². The van der Waals surface area contributed by atoms with Crippen LogP contribution in [0.3, 0.4) is 0 Å². The zero-order chi connectivity index (χ0) is 17.4. The summed E-state index contributed by atoms with van der Waals surface area (Å²) in [6.45, 7) is 4.63. The van der Waals surface area contributed by atoms with Crippen molar-refractivity contribution in [2.45, 2.75) is 12.8 Å². The highest BCUT2D eigenvalue weighted by atomic mass is 16.5. The fourth-order valence-electron chi connectivity index (χ4n) is 2.75.